The molecule has 0 amide bonds. The van der Waals surface area contributed by atoms with Crippen molar-refractivity contribution in [1.82, 2.24) is 10.4 Å². The summed E-state index contributed by atoms with van der Waals surface area (Å²) in [4.78, 5) is 4.02. The normalized spacial score (nSPS) is 15.9. The van der Waals surface area contributed by atoms with Crippen molar-refractivity contribution in [2.24, 2.45) is 4.99 Å². The summed E-state index contributed by atoms with van der Waals surface area (Å²) >= 11 is 0. The van der Waals surface area contributed by atoms with E-state index in [0.717, 1.165) is 10.6 Å². The van der Waals surface area contributed by atoms with Crippen LogP contribution in [0.25, 0.3) is 0 Å². The SMILES string of the molecule is COc1cc(O)c(C2=NCN(CC(F)(F)F)N2)cc1C(C)C. The monoisotopic (exact) mass is 317 g/mol. The Hall–Kier alpha value is -1.96. The maximum absolute atomic E-state index is 12.4. The van der Waals surface area contributed by atoms with Crippen molar-refractivity contribution in [2.45, 2.75) is 25.9 Å². The first kappa shape index (κ1) is 16.4. The molecule has 122 valence electrons. The summed E-state index contributed by atoms with van der Waals surface area (Å²) in [7, 11) is 1.50. The molecule has 0 saturated carbocycles. The summed E-state index contributed by atoms with van der Waals surface area (Å²) in [5.41, 5.74) is 3.77. The van der Waals surface area contributed by atoms with Gasteiger partial charge in [-0.15, -0.1) is 0 Å². The number of alkyl halides is 3. The highest BCUT2D eigenvalue weighted by atomic mass is 19.4. The standard InChI is InChI=1S/C14H18F3N3O2/c1-8(2)9-4-10(11(21)5-12(9)22-3)13-18-7-20(19-13)6-14(15,16)17/h4-5,8,21H,6-7H2,1-3H3,(H,18,19). The third kappa shape index (κ3) is 3.62. The van der Waals surface area contributed by atoms with E-state index >= 15 is 0 Å². The fraction of sp³-hybridized carbons (Fsp3) is 0.500. The number of benzene rings is 1. The molecule has 0 unspecified atom stereocenters. The van der Waals surface area contributed by atoms with Crippen molar-refractivity contribution in [3.63, 3.8) is 0 Å². The molecular weight excluding hydrogens is 299 g/mol. The van der Waals surface area contributed by atoms with E-state index in [-0.39, 0.29) is 24.2 Å². The first-order chi connectivity index (χ1) is 10.2. The lowest BCUT2D eigenvalue weighted by atomic mass is 9.98. The third-order valence-electron chi connectivity index (χ3n) is 3.26. The van der Waals surface area contributed by atoms with Crippen LogP contribution in [0.2, 0.25) is 0 Å². The summed E-state index contributed by atoms with van der Waals surface area (Å²) < 4.78 is 42.4. The quantitative estimate of drug-likeness (QED) is 0.896. The number of amidine groups is 1. The van der Waals surface area contributed by atoms with E-state index < -0.39 is 12.7 Å². The lowest BCUT2D eigenvalue weighted by molar-refractivity contribution is -0.148. The van der Waals surface area contributed by atoms with Gasteiger partial charge in [-0.2, -0.15) is 18.2 Å². The molecule has 0 bridgehead atoms. The van der Waals surface area contributed by atoms with Gasteiger partial charge in [-0.25, -0.2) is 4.99 Å². The number of aromatic hydroxyl groups is 1. The zero-order valence-electron chi connectivity index (χ0n) is 12.5. The number of methoxy groups -OCH3 is 1. The second-order valence-corrected chi connectivity index (χ2v) is 5.34. The number of ether oxygens (including phenoxy) is 1. The van der Waals surface area contributed by atoms with E-state index in [1.165, 1.54) is 13.2 Å². The number of rotatable bonds is 4. The second kappa shape index (κ2) is 6.04. The second-order valence-electron chi connectivity index (χ2n) is 5.34. The van der Waals surface area contributed by atoms with Crippen molar-refractivity contribution in [2.75, 3.05) is 20.3 Å². The molecule has 2 rings (SSSR count). The van der Waals surface area contributed by atoms with Crippen LogP contribution in [0.1, 0.15) is 30.9 Å². The van der Waals surface area contributed by atoms with Crippen molar-refractivity contribution in [3.8, 4) is 11.5 Å². The van der Waals surface area contributed by atoms with Gasteiger partial charge in [-0.05, 0) is 17.5 Å². The van der Waals surface area contributed by atoms with Crippen LogP contribution in [-0.2, 0) is 0 Å². The highest BCUT2D eigenvalue weighted by molar-refractivity contribution is 6.02. The molecule has 22 heavy (non-hydrogen) atoms. The summed E-state index contributed by atoms with van der Waals surface area (Å²) in [6.07, 6.45) is -4.32. The largest absolute Gasteiger partial charge is 0.507 e. The molecule has 1 aliphatic heterocycles. The molecule has 8 heteroatoms. The minimum absolute atomic E-state index is 0.0960. The Morgan fingerprint density at radius 1 is 1.41 bits per heavy atom. The first-order valence-corrected chi connectivity index (χ1v) is 6.75. The fourth-order valence-electron chi connectivity index (χ4n) is 2.23. The summed E-state index contributed by atoms with van der Waals surface area (Å²) in [5, 5.41) is 11.0. The molecule has 1 aromatic rings. The van der Waals surface area contributed by atoms with E-state index in [4.69, 9.17) is 4.74 Å². The summed E-state index contributed by atoms with van der Waals surface area (Å²) in [5.74, 6) is 0.775. The van der Waals surface area contributed by atoms with E-state index in [0.29, 0.717) is 11.3 Å². The predicted molar refractivity (Wildman–Crippen MR) is 76.0 cm³/mol. The Morgan fingerprint density at radius 2 is 2.09 bits per heavy atom. The van der Waals surface area contributed by atoms with Crippen LogP contribution in [0.5, 0.6) is 11.5 Å². The van der Waals surface area contributed by atoms with Gasteiger partial charge in [0.15, 0.2) is 0 Å². The van der Waals surface area contributed by atoms with Crippen molar-refractivity contribution < 1.29 is 23.0 Å². The molecule has 0 fully saturated rings. The van der Waals surface area contributed by atoms with Crippen LogP contribution < -0.4 is 10.2 Å². The van der Waals surface area contributed by atoms with E-state index in [9.17, 15) is 18.3 Å². The molecular formula is C14H18F3N3O2. The Labute approximate surface area is 126 Å². The maximum atomic E-state index is 12.4. The van der Waals surface area contributed by atoms with Gasteiger partial charge >= 0.3 is 6.18 Å². The Kier molecular flexibility index (Phi) is 4.50. The van der Waals surface area contributed by atoms with Crippen molar-refractivity contribution >= 4 is 5.84 Å². The van der Waals surface area contributed by atoms with Crippen LogP contribution >= 0.6 is 0 Å². The predicted octanol–water partition coefficient (Wildman–Crippen LogP) is 2.61. The minimum atomic E-state index is -4.32. The lowest BCUT2D eigenvalue weighted by Crippen LogP contribution is -2.42. The summed E-state index contributed by atoms with van der Waals surface area (Å²) in [6.45, 7) is 2.67. The summed E-state index contributed by atoms with van der Waals surface area (Å²) in [6, 6.07) is 3.13. The molecule has 0 saturated heterocycles. The maximum Gasteiger partial charge on any atom is 0.403 e. The van der Waals surface area contributed by atoms with Crippen molar-refractivity contribution in [1.29, 1.82) is 0 Å². The number of phenolic OH excluding ortho intramolecular Hbond substituents is 1. The fourth-order valence-corrected chi connectivity index (χ4v) is 2.23. The van der Waals surface area contributed by atoms with Crippen LogP contribution in [0.4, 0.5) is 13.2 Å². The van der Waals surface area contributed by atoms with Gasteiger partial charge in [0.1, 0.15) is 30.5 Å². The molecule has 0 spiro atoms. The van der Waals surface area contributed by atoms with Crippen molar-refractivity contribution in [3.05, 3.63) is 23.3 Å². The molecule has 0 atom stereocenters. The minimum Gasteiger partial charge on any atom is -0.507 e. The average Bonchev–Trinajstić information content (AvgIpc) is 2.83. The Bertz CT molecular complexity index is 585. The smallest absolute Gasteiger partial charge is 0.403 e. The van der Waals surface area contributed by atoms with Gasteiger partial charge in [-0.1, -0.05) is 13.8 Å². The number of halogens is 3. The first-order valence-electron chi connectivity index (χ1n) is 6.75. The Balaban J connectivity index is 2.25. The van der Waals surface area contributed by atoms with E-state index in [2.05, 4.69) is 10.4 Å². The van der Waals surface area contributed by atoms with Gasteiger partial charge in [0.05, 0.1) is 12.7 Å². The highest BCUT2D eigenvalue weighted by Crippen LogP contribution is 2.33. The van der Waals surface area contributed by atoms with Crippen LogP contribution in [0, 0.1) is 0 Å². The van der Waals surface area contributed by atoms with Crippen LogP contribution in [0.15, 0.2) is 17.1 Å². The van der Waals surface area contributed by atoms with Gasteiger partial charge in [0, 0.05) is 6.07 Å². The molecule has 0 radical (unpaired) electrons. The van der Waals surface area contributed by atoms with Crippen LogP contribution in [-0.4, -0.2) is 42.5 Å². The zero-order valence-corrected chi connectivity index (χ0v) is 12.5. The molecule has 2 N–H and O–H groups in total. The number of nitrogens with zero attached hydrogens (tertiary/aromatic N) is 2. The lowest BCUT2D eigenvalue weighted by Gasteiger charge is -2.19. The molecule has 1 aliphatic rings. The molecule has 5 nitrogen and oxygen atoms in total. The van der Waals surface area contributed by atoms with E-state index in [1.807, 2.05) is 13.8 Å². The molecule has 1 heterocycles. The number of phenols is 1. The average molecular weight is 317 g/mol. The molecule has 1 aromatic carbocycles. The van der Waals surface area contributed by atoms with Gasteiger partial charge in [-0.3, -0.25) is 0 Å². The number of hydrazine groups is 1. The molecule has 0 aliphatic carbocycles. The van der Waals surface area contributed by atoms with E-state index in [1.54, 1.807) is 6.07 Å². The van der Waals surface area contributed by atoms with Gasteiger partial charge < -0.3 is 15.3 Å². The third-order valence-corrected chi connectivity index (χ3v) is 3.26. The van der Waals surface area contributed by atoms with Gasteiger partial charge in [0.25, 0.3) is 0 Å². The number of hydrogen-bond donors (Lipinski definition) is 2. The molecule has 0 aromatic heterocycles. The zero-order chi connectivity index (χ0) is 16.5. The number of aliphatic imine (C=N–C) groups is 1. The van der Waals surface area contributed by atoms with Crippen LogP contribution in [0.3, 0.4) is 0 Å². The Morgan fingerprint density at radius 3 is 2.64 bits per heavy atom. The number of hydrogen-bond acceptors (Lipinski definition) is 5. The van der Waals surface area contributed by atoms with Gasteiger partial charge in [0.2, 0.25) is 0 Å². The topological polar surface area (TPSA) is 57.1 Å². The highest BCUT2D eigenvalue weighted by Gasteiger charge is 2.33. The number of nitrogens with one attached hydrogen (secondary N) is 1.